The van der Waals surface area contributed by atoms with Crippen molar-refractivity contribution in [1.82, 2.24) is 10.6 Å². The lowest BCUT2D eigenvalue weighted by molar-refractivity contribution is 0.714. The van der Waals surface area contributed by atoms with E-state index in [9.17, 15) is 0 Å². The van der Waals surface area contributed by atoms with E-state index >= 15 is 0 Å². The van der Waals surface area contributed by atoms with Crippen molar-refractivity contribution in [3.8, 4) is 0 Å². The van der Waals surface area contributed by atoms with Crippen molar-refractivity contribution in [3.05, 3.63) is 0 Å². The second kappa shape index (κ2) is 3.60. The van der Waals surface area contributed by atoms with E-state index in [0.717, 1.165) is 11.9 Å². The average Bonchev–Trinajstić information content (AvgIpc) is 2.78. The molecule has 1 fully saturated rings. The molecule has 2 atom stereocenters. The summed E-state index contributed by atoms with van der Waals surface area (Å²) < 4.78 is 0. The summed E-state index contributed by atoms with van der Waals surface area (Å²) in [5.74, 6) is 1.78. The molecule has 64 valence electrons. The van der Waals surface area contributed by atoms with Gasteiger partial charge in [-0.2, -0.15) is 0 Å². The summed E-state index contributed by atoms with van der Waals surface area (Å²) in [7, 11) is 3.68. The molecule has 1 aliphatic carbocycles. The molecule has 0 saturated heterocycles. The molecule has 11 heavy (non-hydrogen) atoms. The summed E-state index contributed by atoms with van der Waals surface area (Å²) in [5.41, 5.74) is 0. The molecule has 0 aromatic heterocycles. The Morgan fingerprint density at radius 3 is 2.73 bits per heavy atom. The fourth-order valence-corrected chi connectivity index (χ4v) is 1.30. The smallest absolute Gasteiger partial charge is 0.190 e. The van der Waals surface area contributed by atoms with Gasteiger partial charge in [0.15, 0.2) is 5.96 Å². The third-order valence-electron chi connectivity index (χ3n) is 2.23. The van der Waals surface area contributed by atoms with Crippen LogP contribution in [-0.4, -0.2) is 26.1 Å². The molecule has 0 amide bonds. The molecule has 0 aliphatic heterocycles. The zero-order chi connectivity index (χ0) is 8.27. The first-order valence-corrected chi connectivity index (χ1v) is 4.22. The third-order valence-corrected chi connectivity index (χ3v) is 2.23. The zero-order valence-corrected chi connectivity index (χ0v) is 7.52. The quantitative estimate of drug-likeness (QED) is 0.452. The van der Waals surface area contributed by atoms with E-state index in [1.54, 1.807) is 7.05 Å². The lowest BCUT2D eigenvalue weighted by Gasteiger charge is -2.06. The van der Waals surface area contributed by atoms with Crippen molar-refractivity contribution in [2.24, 2.45) is 10.9 Å². The van der Waals surface area contributed by atoms with Crippen LogP contribution in [0.1, 0.15) is 19.8 Å². The molecule has 0 aromatic carbocycles. The fraction of sp³-hybridized carbons (Fsp3) is 0.875. The van der Waals surface area contributed by atoms with E-state index in [1.165, 1.54) is 12.8 Å². The van der Waals surface area contributed by atoms with Gasteiger partial charge in [-0.05, 0) is 12.3 Å². The molecule has 0 spiro atoms. The largest absolute Gasteiger partial charge is 0.359 e. The van der Waals surface area contributed by atoms with Crippen LogP contribution in [-0.2, 0) is 0 Å². The Labute approximate surface area is 68.3 Å². The minimum atomic E-state index is 0.672. The van der Waals surface area contributed by atoms with E-state index in [4.69, 9.17) is 0 Å². The van der Waals surface area contributed by atoms with Gasteiger partial charge in [0.1, 0.15) is 0 Å². The van der Waals surface area contributed by atoms with Crippen LogP contribution in [0, 0.1) is 5.92 Å². The van der Waals surface area contributed by atoms with Crippen molar-refractivity contribution in [2.45, 2.75) is 25.8 Å². The maximum absolute atomic E-state index is 4.05. The topological polar surface area (TPSA) is 36.4 Å². The fourth-order valence-electron chi connectivity index (χ4n) is 1.30. The predicted molar refractivity (Wildman–Crippen MR) is 47.7 cm³/mol. The van der Waals surface area contributed by atoms with E-state index in [-0.39, 0.29) is 0 Å². The second-order valence-electron chi connectivity index (χ2n) is 2.98. The molecule has 0 heterocycles. The van der Waals surface area contributed by atoms with Gasteiger partial charge < -0.3 is 10.6 Å². The lowest BCUT2D eigenvalue weighted by atomic mass is 10.3. The van der Waals surface area contributed by atoms with Crippen LogP contribution in [0.4, 0.5) is 0 Å². The summed E-state index contributed by atoms with van der Waals surface area (Å²) >= 11 is 0. The second-order valence-corrected chi connectivity index (χ2v) is 2.98. The van der Waals surface area contributed by atoms with Crippen molar-refractivity contribution in [1.29, 1.82) is 0 Å². The van der Waals surface area contributed by atoms with Crippen LogP contribution in [0.15, 0.2) is 4.99 Å². The molecule has 2 unspecified atom stereocenters. The number of nitrogens with zero attached hydrogens (tertiary/aromatic N) is 1. The van der Waals surface area contributed by atoms with Gasteiger partial charge >= 0.3 is 0 Å². The number of hydrogen-bond acceptors (Lipinski definition) is 1. The van der Waals surface area contributed by atoms with Gasteiger partial charge in [0, 0.05) is 20.1 Å². The van der Waals surface area contributed by atoms with Gasteiger partial charge in [-0.15, -0.1) is 0 Å². The number of nitrogens with one attached hydrogen (secondary N) is 2. The third kappa shape index (κ3) is 2.10. The lowest BCUT2D eigenvalue weighted by Crippen LogP contribution is -2.36. The van der Waals surface area contributed by atoms with Gasteiger partial charge in [-0.1, -0.05) is 13.3 Å². The standard InChI is InChI=1S/C8H17N3/c1-4-6-5-7(6)11-8(9-2)10-3/h6-7H,4-5H2,1-3H3,(H2,9,10,11). The molecule has 0 aromatic rings. The summed E-state index contributed by atoms with van der Waals surface area (Å²) in [6.45, 7) is 2.23. The monoisotopic (exact) mass is 155 g/mol. The highest BCUT2D eigenvalue weighted by atomic mass is 15.2. The first kappa shape index (κ1) is 8.37. The molecular weight excluding hydrogens is 138 g/mol. The predicted octanol–water partition coefficient (Wildman–Crippen LogP) is 0.580. The SMILES string of the molecule is CCC1CC1NC(=NC)NC. The molecule has 1 saturated carbocycles. The Bertz CT molecular complexity index is 153. The van der Waals surface area contributed by atoms with Gasteiger partial charge in [0.05, 0.1) is 0 Å². The van der Waals surface area contributed by atoms with Crippen LogP contribution in [0.25, 0.3) is 0 Å². The molecule has 3 heteroatoms. The van der Waals surface area contributed by atoms with E-state index in [0.29, 0.717) is 6.04 Å². The number of hydrogen-bond donors (Lipinski definition) is 2. The maximum Gasteiger partial charge on any atom is 0.190 e. The summed E-state index contributed by atoms with van der Waals surface area (Å²) in [4.78, 5) is 4.05. The Morgan fingerprint density at radius 2 is 2.36 bits per heavy atom. The van der Waals surface area contributed by atoms with Crippen molar-refractivity contribution in [3.63, 3.8) is 0 Å². The van der Waals surface area contributed by atoms with Crippen LogP contribution in [0.2, 0.25) is 0 Å². The van der Waals surface area contributed by atoms with Crippen molar-refractivity contribution >= 4 is 5.96 Å². The minimum Gasteiger partial charge on any atom is -0.359 e. The minimum absolute atomic E-state index is 0.672. The highest BCUT2D eigenvalue weighted by Gasteiger charge is 2.35. The Hall–Kier alpha value is -0.730. The van der Waals surface area contributed by atoms with Gasteiger partial charge in [-0.3, -0.25) is 4.99 Å². The van der Waals surface area contributed by atoms with Crippen LogP contribution in [0.5, 0.6) is 0 Å². The van der Waals surface area contributed by atoms with E-state index < -0.39 is 0 Å². The first-order chi connectivity index (χ1) is 5.31. The molecule has 0 bridgehead atoms. The summed E-state index contributed by atoms with van der Waals surface area (Å²) in [6, 6.07) is 0.672. The molecule has 0 radical (unpaired) electrons. The molecule has 1 aliphatic rings. The summed E-state index contributed by atoms with van der Waals surface area (Å²) in [5, 5.41) is 6.34. The zero-order valence-electron chi connectivity index (χ0n) is 7.52. The summed E-state index contributed by atoms with van der Waals surface area (Å²) in [6.07, 6.45) is 2.58. The van der Waals surface area contributed by atoms with E-state index in [2.05, 4.69) is 22.5 Å². The van der Waals surface area contributed by atoms with Crippen LogP contribution in [0.3, 0.4) is 0 Å². The molecule has 2 N–H and O–H groups in total. The Kier molecular flexibility index (Phi) is 2.74. The van der Waals surface area contributed by atoms with Crippen LogP contribution >= 0.6 is 0 Å². The highest BCUT2D eigenvalue weighted by molar-refractivity contribution is 5.79. The van der Waals surface area contributed by atoms with Crippen LogP contribution < -0.4 is 10.6 Å². The normalized spacial score (nSPS) is 29.9. The molecule has 3 nitrogen and oxygen atoms in total. The number of aliphatic imine (C=N–C) groups is 1. The first-order valence-electron chi connectivity index (χ1n) is 4.22. The van der Waals surface area contributed by atoms with E-state index in [1.807, 2.05) is 7.05 Å². The molecule has 1 rings (SSSR count). The van der Waals surface area contributed by atoms with Crippen molar-refractivity contribution in [2.75, 3.05) is 14.1 Å². The Morgan fingerprint density at radius 1 is 1.64 bits per heavy atom. The van der Waals surface area contributed by atoms with Crippen molar-refractivity contribution < 1.29 is 0 Å². The van der Waals surface area contributed by atoms with Gasteiger partial charge in [0.25, 0.3) is 0 Å². The maximum atomic E-state index is 4.05. The average molecular weight is 155 g/mol. The highest BCUT2D eigenvalue weighted by Crippen LogP contribution is 2.32. The number of guanidine groups is 1. The van der Waals surface area contributed by atoms with Gasteiger partial charge in [-0.25, -0.2) is 0 Å². The molecular formula is C8H17N3. The van der Waals surface area contributed by atoms with Gasteiger partial charge in [0.2, 0.25) is 0 Å². The Balaban J connectivity index is 2.22. The number of rotatable bonds is 2.